The molecule has 3 N–H and O–H groups in total. The first-order valence-corrected chi connectivity index (χ1v) is 11.0. The number of aliphatic hydroxyl groups excluding tert-OH is 2. The highest BCUT2D eigenvalue weighted by Crippen LogP contribution is 2.38. The number of carbonyl (C=O) groups excluding carboxylic acids is 4. The molecule has 6 atom stereocenters. The van der Waals surface area contributed by atoms with Gasteiger partial charge < -0.3 is 20.3 Å². The Balaban J connectivity index is 2.57. The molecule has 180 valence electrons. The van der Waals surface area contributed by atoms with E-state index >= 15 is 0 Å². The molecule has 1 amide bonds. The van der Waals surface area contributed by atoms with Crippen molar-refractivity contribution in [3.8, 4) is 0 Å². The zero-order valence-corrected chi connectivity index (χ0v) is 19.7. The van der Waals surface area contributed by atoms with Crippen molar-refractivity contribution < 1.29 is 34.1 Å². The summed E-state index contributed by atoms with van der Waals surface area (Å²) < 4.78 is 5.59. The molecule has 0 aromatic heterocycles. The monoisotopic (exact) mass is 459 g/mol. The summed E-state index contributed by atoms with van der Waals surface area (Å²) in [6.45, 7) is 7.62. The number of amides is 1. The van der Waals surface area contributed by atoms with Crippen molar-refractivity contribution in [2.45, 2.75) is 71.8 Å². The second-order valence-electron chi connectivity index (χ2n) is 8.99. The minimum Gasteiger partial charge on any atom is -0.461 e. The maximum Gasteiger partial charge on any atom is 0.322 e. The van der Waals surface area contributed by atoms with E-state index in [1.807, 2.05) is 13.0 Å². The highest BCUT2D eigenvalue weighted by atomic mass is 16.5. The molecule has 0 spiro atoms. The van der Waals surface area contributed by atoms with Gasteiger partial charge in [0.2, 0.25) is 5.78 Å². The first kappa shape index (κ1) is 26.4. The van der Waals surface area contributed by atoms with Crippen LogP contribution in [0.2, 0.25) is 0 Å². The SMILES string of the molecule is CC(=O)C(=O)N[C@@H]1/C=C(C)\C=C\[C@@H](O)C/C=C(C)/C=C/[C@@H](O)C[C@H]2OC(=O)[C@@]1(C)C(=O)[C@@H]2C. The molecule has 3 aliphatic rings. The third-order valence-electron chi connectivity index (χ3n) is 6.14. The van der Waals surface area contributed by atoms with Gasteiger partial charge in [0.1, 0.15) is 11.5 Å². The topological polar surface area (TPSA) is 130 Å². The van der Waals surface area contributed by atoms with Crippen LogP contribution < -0.4 is 5.32 Å². The van der Waals surface area contributed by atoms with Gasteiger partial charge in [-0.3, -0.25) is 19.2 Å². The summed E-state index contributed by atoms with van der Waals surface area (Å²) in [7, 11) is 0. The number of hydrogen-bond donors (Lipinski definition) is 3. The van der Waals surface area contributed by atoms with Crippen LogP contribution in [0.3, 0.4) is 0 Å². The summed E-state index contributed by atoms with van der Waals surface area (Å²) in [6, 6.07) is -1.15. The molecule has 1 fully saturated rings. The van der Waals surface area contributed by atoms with Crippen LogP contribution in [-0.4, -0.2) is 58.0 Å². The van der Waals surface area contributed by atoms with E-state index in [0.717, 1.165) is 12.5 Å². The Labute approximate surface area is 194 Å². The lowest BCUT2D eigenvalue weighted by Crippen LogP contribution is -2.61. The van der Waals surface area contributed by atoms with Crippen molar-refractivity contribution in [1.82, 2.24) is 5.32 Å². The molecule has 8 nitrogen and oxygen atoms in total. The van der Waals surface area contributed by atoms with Crippen molar-refractivity contribution in [2.75, 3.05) is 0 Å². The standard InChI is InChI=1S/C25H33NO7/c1-14-6-9-18(28)10-8-15(2)12-21(26-23(31)17(4)27)25(5)22(30)16(3)20(33-24(25)32)13-19(29)11-7-14/h6-8,10-12,16,18-21,28-29H,9,13H2,1-5H3,(H,26,31)/b10-8+,11-7+,14-6+,15-12-/t16-,18+,19-,20-,21-,25-/m1/s1. The summed E-state index contributed by atoms with van der Waals surface area (Å²) in [6.07, 6.45) is 7.54. The lowest BCUT2D eigenvalue weighted by Gasteiger charge is -2.42. The molecule has 3 rings (SSSR count). The predicted molar refractivity (Wildman–Crippen MR) is 122 cm³/mol. The molecule has 33 heavy (non-hydrogen) atoms. The van der Waals surface area contributed by atoms with E-state index in [9.17, 15) is 29.4 Å². The molecule has 2 bridgehead atoms. The number of hydrogen-bond acceptors (Lipinski definition) is 7. The Morgan fingerprint density at radius 1 is 1.09 bits per heavy atom. The molecule has 8 heteroatoms. The summed E-state index contributed by atoms with van der Waals surface area (Å²) in [5, 5.41) is 23.1. The number of ether oxygens (including phenoxy) is 1. The molecular formula is C25H33NO7. The normalized spacial score (nSPS) is 38.7. The highest BCUT2D eigenvalue weighted by Gasteiger charge is 2.56. The zero-order valence-electron chi connectivity index (χ0n) is 19.7. The first-order chi connectivity index (χ1) is 15.4. The quantitative estimate of drug-likeness (QED) is 0.326. The Morgan fingerprint density at radius 2 is 1.70 bits per heavy atom. The average molecular weight is 460 g/mol. The molecule has 0 aromatic carbocycles. The summed E-state index contributed by atoms with van der Waals surface area (Å²) in [5.74, 6) is -3.74. The van der Waals surface area contributed by atoms with E-state index in [2.05, 4.69) is 5.32 Å². The maximum absolute atomic E-state index is 13.4. The van der Waals surface area contributed by atoms with Crippen LogP contribution in [0.25, 0.3) is 0 Å². The van der Waals surface area contributed by atoms with E-state index in [1.54, 1.807) is 38.2 Å². The lowest BCUT2D eigenvalue weighted by molar-refractivity contribution is -0.181. The number of esters is 1. The average Bonchev–Trinajstić information content (AvgIpc) is 2.75. The van der Waals surface area contributed by atoms with Gasteiger partial charge in [-0.25, -0.2) is 0 Å². The van der Waals surface area contributed by atoms with E-state index in [4.69, 9.17) is 4.74 Å². The lowest BCUT2D eigenvalue weighted by atomic mass is 9.69. The fourth-order valence-electron chi connectivity index (χ4n) is 3.85. The smallest absolute Gasteiger partial charge is 0.322 e. The van der Waals surface area contributed by atoms with Gasteiger partial charge in [-0.1, -0.05) is 54.5 Å². The largest absolute Gasteiger partial charge is 0.461 e. The van der Waals surface area contributed by atoms with Crippen molar-refractivity contribution in [2.24, 2.45) is 11.3 Å². The van der Waals surface area contributed by atoms with Gasteiger partial charge in [-0.15, -0.1) is 0 Å². The van der Waals surface area contributed by atoms with Gasteiger partial charge in [0, 0.05) is 13.3 Å². The number of carbonyl (C=O) groups is 4. The fourth-order valence-corrected chi connectivity index (χ4v) is 3.85. The second-order valence-corrected chi connectivity index (χ2v) is 8.99. The van der Waals surface area contributed by atoms with Gasteiger partial charge in [-0.2, -0.15) is 0 Å². The van der Waals surface area contributed by atoms with Crippen LogP contribution in [0, 0.1) is 11.3 Å². The van der Waals surface area contributed by atoms with Gasteiger partial charge in [0.25, 0.3) is 5.91 Å². The van der Waals surface area contributed by atoms with E-state index in [-0.39, 0.29) is 6.42 Å². The maximum atomic E-state index is 13.4. The summed E-state index contributed by atoms with van der Waals surface area (Å²) in [4.78, 5) is 50.3. The van der Waals surface area contributed by atoms with Crippen LogP contribution in [-0.2, 0) is 23.9 Å². The van der Waals surface area contributed by atoms with Crippen LogP contribution >= 0.6 is 0 Å². The third-order valence-corrected chi connectivity index (χ3v) is 6.14. The highest BCUT2D eigenvalue weighted by molar-refractivity contribution is 6.35. The molecular weight excluding hydrogens is 426 g/mol. The van der Waals surface area contributed by atoms with Gasteiger partial charge in [0.05, 0.1) is 24.2 Å². The van der Waals surface area contributed by atoms with E-state index in [0.29, 0.717) is 12.0 Å². The second kappa shape index (κ2) is 10.9. The fraction of sp³-hybridized carbons (Fsp3) is 0.520. The van der Waals surface area contributed by atoms with Gasteiger partial charge in [-0.05, 0) is 27.2 Å². The zero-order chi connectivity index (χ0) is 24.9. The minimum absolute atomic E-state index is 0.0298. The van der Waals surface area contributed by atoms with E-state index < -0.39 is 59.1 Å². The molecule has 2 aliphatic heterocycles. The number of fused-ring (bicyclic) bond motifs is 10. The Kier molecular flexibility index (Phi) is 8.69. The van der Waals surface area contributed by atoms with Crippen LogP contribution in [0.1, 0.15) is 47.5 Å². The molecule has 0 radical (unpaired) electrons. The number of Topliss-reactive ketones (excluding diaryl/α,β-unsaturated/α-hetero) is 2. The van der Waals surface area contributed by atoms with Crippen LogP contribution in [0.4, 0.5) is 0 Å². The van der Waals surface area contributed by atoms with Crippen LogP contribution in [0.15, 0.2) is 47.6 Å². The molecule has 1 aliphatic carbocycles. The number of aliphatic hydroxyl groups is 2. The number of ketones is 2. The van der Waals surface area contributed by atoms with Gasteiger partial charge >= 0.3 is 5.97 Å². The minimum atomic E-state index is -1.78. The molecule has 1 saturated heterocycles. The number of rotatable bonds is 2. The van der Waals surface area contributed by atoms with Crippen molar-refractivity contribution in [3.63, 3.8) is 0 Å². The molecule has 0 aromatic rings. The van der Waals surface area contributed by atoms with Gasteiger partial charge in [0.15, 0.2) is 5.78 Å². The summed E-state index contributed by atoms with van der Waals surface area (Å²) in [5.41, 5.74) is -0.371. The van der Waals surface area contributed by atoms with Crippen molar-refractivity contribution >= 4 is 23.4 Å². The molecule has 2 heterocycles. The number of allylic oxidation sites excluding steroid dienone is 4. The summed E-state index contributed by atoms with van der Waals surface area (Å²) >= 11 is 0. The number of nitrogens with one attached hydrogen (secondary N) is 1. The first-order valence-electron chi connectivity index (χ1n) is 11.0. The van der Waals surface area contributed by atoms with E-state index in [1.165, 1.54) is 13.0 Å². The third kappa shape index (κ3) is 6.36. The molecule has 0 saturated carbocycles. The Hall–Kier alpha value is -2.84. The van der Waals surface area contributed by atoms with Crippen molar-refractivity contribution in [1.29, 1.82) is 0 Å². The molecule has 0 unspecified atom stereocenters. The Bertz CT molecular complexity index is 929. The van der Waals surface area contributed by atoms with Crippen LogP contribution in [0.5, 0.6) is 0 Å². The Morgan fingerprint density at radius 3 is 2.33 bits per heavy atom. The van der Waals surface area contributed by atoms with Crippen molar-refractivity contribution in [3.05, 3.63) is 47.6 Å². The predicted octanol–water partition coefficient (Wildman–Crippen LogP) is 1.72.